The van der Waals surface area contributed by atoms with Crippen LogP contribution in [0.5, 0.6) is 17.2 Å². The van der Waals surface area contributed by atoms with Gasteiger partial charge in [-0.1, -0.05) is 42.5 Å². The molecule has 7 heteroatoms. The maximum absolute atomic E-state index is 13.2. The largest absolute Gasteiger partial charge is 0.495 e. The van der Waals surface area contributed by atoms with E-state index in [1.807, 2.05) is 54.6 Å². The van der Waals surface area contributed by atoms with E-state index < -0.39 is 0 Å². The number of nitrogens with zero attached hydrogens (tertiary/aromatic N) is 2. The van der Waals surface area contributed by atoms with Crippen molar-refractivity contribution < 1.29 is 19.0 Å². The van der Waals surface area contributed by atoms with Crippen LogP contribution in [0.15, 0.2) is 72.8 Å². The fourth-order valence-electron chi connectivity index (χ4n) is 5.23. The molecule has 0 radical (unpaired) electrons. The van der Waals surface area contributed by atoms with Gasteiger partial charge in [0.1, 0.15) is 5.75 Å². The number of fused-ring (bicyclic) bond motifs is 1. The summed E-state index contributed by atoms with van der Waals surface area (Å²) in [6.45, 7) is 3.82. The van der Waals surface area contributed by atoms with Crippen molar-refractivity contribution in [2.75, 3.05) is 64.8 Å². The number of hydrogen-bond acceptors (Lipinski definition) is 6. The zero-order valence-electron chi connectivity index (χ0n) is 23.0. The second-order valence-electron chi connectivity index (χ2n) is 9.79. The third kappa shape index (κ3) is 5.64. The van der Waals surface area contributed by atoms with Gasteiger partial charge in [-0.15, -0.1) is 0 Å². The average molecular weight is 526 g/mol. The lowest BCUT2D eigenvalue weighted by Gasteiger charge is -2.35. The first-order valence-corrected chi connectivity index (χ1v) is 13.1. The smallest absolute Gasteiger partial charge is 0.228 e. The van der Waals surface area contributed by atoms with Gasteiger partial charge < -0.3 is 29.3 Å². The minimum absolute atomic E-state index is 0.0616. The van der Waals surface area contributed by atoms with Crippen LogP contribution in [0.3, 0.4) is 0 Å². The Morgan fingerprint density at radius 3 is 2.21 bits per heavy atom. The minimum Gasteiger partial charge on any atom is -0.495 e. The molecule has 1 aliphatic heterocycles. The molecule has 1 amide bonds. The summed E-state index contributed by atoms with van der Waals surface area (Å²) in [5.74, 6) is 2.12. The van der Waals surface area contributed by atoms with E-state index in [9.17, 15) is 4.79 Å². The standard InChI is InChI=1S/C32H35N3O4/c1-34-15-17-35(18-16-34)28-21-24(12-14-29(28)37-2)33-32(36)20-22-7-5-10-27-25(22)8-6-9-26(27)23-11-13-30(38-3)31(19-23)39-4/h5-14,19,21H,15-18,20H2,1-4H3,(H,33,36). The van der Waals surface area contributed by atoms with Gasteiger partial charge >= 0.3 is 0 Å². The van der Waals surface area contributed by atoms with Crippen LogP contribution in [0.25, 0.3) is 21.9 Å². The van der Waals surface area contributed by atoms with E-state index in [0.29, 0.717) is 11.5 Å². The summed E-state index contributed by atoms with van der Waals surface area (Å²) in [7, 11) is 7.09. The van der Waals surface area contributed by atoms with Crippen molar-refractivity contribution in [2.24, 2.45) is 0 Å². The van der Waals surface area contributed by atoms with E-state index in [4.69, 9.17) is 14.2 Å². The van der Waals surface area contributed by atoms with Gasteiger partial charge in [0.05, 0.1) is 33.4 Å². The summed E-state index contributed by atoms with van der Waals surface area (Å²) in [6, 6.07) is 24.1. The molecule has 1 aliphatic rings. The molecule has 39 heavy (non-hydrogen) atoms. The zero-order chi connectivity index (χ0) is 27.4. The number of benzene rings is 4. The molecule has 1 heterocycles. The fourth-order valence-corrected chi connectivity index (χ4v) is 5.23. The molecule has 0 unspecified atom stereocenters. The quantitative estimate of drug-likeness (QED) is 0.329. The maximum Gasteiger partial charge on any atom is 0.228 e. The summed E-state index contributed by atoms with van der Waals surface area (Å²) in [5.41, 5.74) is 4.84. The lowest BCUT2D eigenvalue weighted by molar-refractivity contribution is -0.115. The maximum atomic E-state index is 13.2. The van der Waals surface area contributed by atoms with Crippen molar-refractivity contribution in [1.29, 1.82) is 0 Å². The van der Waals surface area contributed by atoms with E-state index in [1.54, 1.807) is 21.3 Å². The van der Waals surface area contributed by atoms with E-state index in [2.05, 4.69) is 40.4 Å². The number of hydrogen-bond donors (Lipinski definition) is 1. The topological polar surface area (TPSA) is 63.3 Å². The number of methoxy groups -OCH3 is 3. The molecule has 202 valence electrons. The number of amides is 1. The molecule has 1 fully saturated rings. The zero-order valence-corrected chi connectivity index (χ0v) is 23.0. The van der Waals surface area contributed by atoms with Crippen LogP contribution < -0.4 is 24.4 Å². The molecule has 1 saturated heterocycles. The monoisotopic (exact) mass is 525 g/mol. The third-order valence-electron chi connectivity index (χ3n) is 7.36. The first kappa shape index (κ1) is 26.4. The van der Waals surface area contributed by atoms with Crippen molar-refractivity contribution in [3.8, 4) is 28.4 Å². The van der Waals surface area contributed by atoms with Crippen LogP contribution >= 0.6 is 0 Å². The number of rotatable bonds is 8. The summed E-state index contributed by atoms with van der Waals surface area (Å²) in [5, 5.41) is 5.24. The van der Waals surface area contributed by atoms with E-state index in [0.717, 1.165) is 70.8 Å². The van der Waals surface area contributed by atoms with Crippen LogP contribution in [0.4, 0.5) is 11.4 Å². The number of carbonyl (C=O) groups is 1. The highest BCUT2D eigenvalue weighted by Gasteiger charge is 2.19. The lowest BCUT2D eigenvalue weighted by Crippen LogP contribution is -2.44. The summed E-state index contributed by atoms with van der Waals surface area (Å²) in [6.07, 6.45) is 0.266. The second-order valence-corrected chi connectivity index (χ2v) is 9.79. The van der Waals surface area contributed by atoms with E-state index in [-0.39, 0.29) is 12.3 Å². The van der Waals surface area contributed by atoms with Crippen molar-refractivity contribution in [3.05, 3.63) is 78.4 Å². The summed E-state index contributed by atoms with van der Waals surface area (Å²) < 4.78 is 16.5. The molecule has 5 rings (SSSR count). The molecular formula is C32H35N3O4. The minimum atomic E-state index is -0.0616. The predicted molar refractivity (Wildman–Crippen MR) is 158 cm³/mol. The first-order chi connectivity index (χ1) is 19.0. The molecule has 0 bridgehead atoms. The third-order valence-corrected chi connectivity index (χ3v) is 7.36. The Labute approximate surface area is 229 Å². The second kappa shape index (κ2) is 11.7. The Balaban J connectivity index is 1.39. The van der Waals surface area contributed by atoms with Crippen LogP contribution in [-0.2, 0) is 11.2 Å². The Kier molecular flexibility index (Phi) is 7.89. The predicted octanol–water partition coefficient (Wildman–Crippen LogP) is 5.47. The lowest BCUT2D eigenvalue weighted by atomic mass is 9.94. The van der Waals surface area contributed by atoms with Crippen LogP contribution in [0.1, 0.15) is 5.56 Å². The number of anilines is 2. The van der Waals surface area contributed by atoms with Crippen LogP contribution in [0.2, 0.25) is 0 Å². The molecular weight excluding hydrogens is 490 g/mol. The van der Waals surface area contributed by atoms with Crippen molar-refractivity contribution in [2.45, 2.75) is 6.42 Å². The Morgan fingerprint density at radius 2 is 1.46 bits per heavy atom. The Hall–Kier alpha value is -4.23. The highest BCUT2D eigenvalue weighted by Crippen LogP contribution is 2.36. The number of carbonyl (C=O) groups excluding carboxylic acids is 1. The fraction of sp³-hybridized carbons (Fsp3) is 0.281. The molecule has 0 aliphatic carbocycles. The number of nitrogens with one attached hydrogen (secondary N) is 1. The number of piperazine rings is 1. The van der Waals surface area contributed by atoms with Gasteiger partial charge in [0.15, 0.2) is 11.5 Å². The van der Waals surface area contributed by atoms with E-state index >= 15 is 0 Å². The molecule has 0 aromatic heterocycles. The molecule has 1 N–H and O–H groups in total. The number of ether oxygens (including phenoxy) is 3. The molecule has 4 aromatic rings. The number of likely N-dealkylation sites (N-methyl/N-ethyl adjacent to an activating group) is 1. The highest BCUT2D eigenvalue weighted by atomic mass is 16.5. The van der Waals surface area contributed by atoms with Gasteiger partial charge in [-0.05, 0) is 64.8 Å². The van der Waals surface area contributed by atoms with Crippen LogP contribution in [0, 0.1) is 0 Å². The average Bonchev–Trinajstić information content (AvgIpc) is 2.97. The van der Waals surface area contributed by atoms with Gasteiger partial charge in [-0.2, -0.15) is 0 Å². The molecule has 7 nitrogen and oxygen atoms in total. The van der Waals surface area contributed by atoms with E-state index in [1.165, 1.54) is 0 Å². The molecule has 4 aromatic carbocycles. The summed E-state index contributed by atoms with van der Waals surface area (Å²) >= 11 is 0. The van der Waals surface area contributed by atoms with Gasteiger partial charge in [-0.25, -0.2) is 0 Å². The highest BCUT2D eigenvalue weighted by molar-refractivity contribution is 6.01. The van der Waals surface area contributed by atoms with Crippen molar-refractivity contribution in [3.63, 3.8) is 0 Å². The Bertz CT molecular complexity index is 1480. The van der Waals surface area contributed by atoms with Crippen molar-refractivity contribution >= 4 is 28.1 Å². The van der Waals surface area contributed by atoms with Gasteiger partial charge in [0.25, 0.3) is 0 Å². The molecule has 0 saturated carbocycles. The normalized spacial score (nSPS) is 13.8. The summed E-state index contributed by atoms with van der Waals surface area (Å²) in [4.78, 5) is 17.9. The SMILES string of the molecule is COc1ccc(-c2cccc3c(CC(=O)Nc4ccc(OC)c(N5CCN(C)CC5)c4)cccc23)cc1OC. The van der Waals surface area contributed by atoms with Crippen molar-refractivity contribution in [1.82, 2.24) is 4.90 Å². The van der Waals surface area contributed by atoms with Crippen LogP contribution in [-0.4, -0.2) is 65.4 Å². The van der Waals surface area contributed by atoms with Gasteiger partial charge in [0, 0.05) is 31.9 Å². The molecule has 0 spiro atoms. The molecule has 0 atom stereocenters. The first-order valence-electron chi connectivity index (χ1n) is 13.1. The van der Waals surface area contributed by atoms with Gasteiger partial charge in [0.2, 0.25) is 5.91 Å². The Morgan fingerprint density at radius 1 is 0.769 bits per heavy atom. The van der Waals surface area contributed by atoms with Gasteiger partial charge in [-0.3, -0.25) is 4.79 Å².